The standard InChI is InChI=1S/C16H11ClFNO2/c1-9-2-4-12(18)6-10(9)8-19-14-5-3-11(17)7-13(14)15(20)16(19)21/h2-7H,8H2,1H3. The summed E-state index contributed by atoms with van der Waals surface area (Å²) in [7, 11) is 0. The lowest BCUT2D eigenvalue weighted by atomic mass is 10.1. The average Bonchev–Trinajstić information content (AvgIpc) is 2.68. The number of fused-ring (bicyclic) bond motifs is 1. The van der Waals surface area contributed by atoms with Gasteiger partial charge in [0, 0.05) is 5.02 Å². The molecule has 21 heavy (non-hydrogen) atoms. The van der Waals surface area contributed by atoms with Gasteiger partial charge in [-0.1, -0.05) is 17.7 Å². The molecule has 0 spiro atoms. The molecule has 0 aliphatic carbocycles. The van der Waals surface area contributed by atoms with Crippen LogP contribution in [0.3, 0.4) is 0 Å². The molecule has 1 aliphatic rings. The number of anilines is 1. The number of amides is 1. The molecule has 5 heteroatoms. The zero-order valence-corrected chi connectivity index (χ0v) is 11.9. The number of rotatable bonds is 2. The molecule has 3 nitrogen and oxygen atoms in total. The topological polar surface area (TPSA) is 37.4 Å². The van der Waals surface area contributed by atoms with E-state index in [0.717, 1.165) is 5.56 Å². The summed E-state index contributed by atoms with van der Waals surface area (Å²) >= 11 is 5.86. The van der Waals surface area contributed by atoms with E-state index in [0.29, 0.717) is 21.8 Å². The van der Waals surface area contributed by atoms with Gasteiger partial charge in [-0.15, -0.1) is 0 Å². The largest absolute Gasteiger partial charge is 0.300 e. The van der Waals surface area contributed by atoms with Gasteiger partial charge in [0.1, 0.15) is 5.82 Å². The normalized spacial score (nSPS) is 13.8. The van der Waals surface area contributed by atoms with E-state index in [1.165, 1.54) is 23.1 Å². The van der Waals surface area contributed by atoms with Crippen LogP contribution in [0.5, 0.6) is 0 Å². The summed E-state index contributed by atoms with van der Waals surface area (Å²) in [5, 5.41) is 0.402. The van der Waals surface area contributed by atoms with Gasteiger partial charge in [-0.3, -0.25) is 9.59 Å². The van der Waals surface area contributed by atoms with Gasteiger partial charge in [-0.2, -0.15) is 0 Å². The lowest BCUT2D eigenvalue weighted by Gasteiger charge is -2.18. The van der Waals surface area contributed by atoms with Crippen molar-refractivity contribution in [3.63, 3.8) is 0 Å². The zero-order chi connectivity index (χ0) is 15.1. The number of halogens is 2. The van der Waals surface area contributed by atoms with Crippen LogP contribution in [0.4, 0.5) is 10.1 Å². The Bertz CT molecular complexity index is 773. The van der Waals surface area contributed by atoms with Crippen LogP contribution in [0, 0.1) is 12.7 Å². The first kappa shape index (κ1) is 13.8. The molecule has 1 amide bonds. The summed E-state index contributed by atoms with van der Waals surface area (Å²) in [6.45, 7) is 1.99. The predicted molar refractivity (Wildman–Crippen MR) is 78.1 cm³/mol. The maximum atomic E-state index is 13.4. The molecule has 2 aromatic carbocycles. The van der Waals surface area contributed by atoms with Crippen molar-refractivity contribution in [2.45, 2.75) is 13.5 Å². The van der Waals surface area contributed by atoms with Crippen LogP contribution >= 0.6 is 11.6 Å². The lowest BCUT2D eigenvalue weighted by Crippen LogP contribution is -2.29. The number of Topliss-reactive ketones (excluding diaryl/α,β-unsaturated/α-hetero) is 1. The van der Waals surface area contributed by atoms with Gasteiger partial charge < -0.3 is 4.90 Å². The van der Waals surface area contributed by atoms with Gasteiger partial charge in [0.05, 0.1) is 17.8 Å². The minimum atomic E-state index is -0.615. The van der Waals surface area contributed by atoms with Crippen LogP contribution in [-0.2, 0) is 11.3 Å². The minimum Gasteiger partial charge on any atom is -0.300 e. The summed E-state index contributed by atoms with van der Waals surface area (Å²) in [6, 6.07) is 9.13. The van der Waals surface area contributed by atoms with Crippen LogP contribution in [-0.4, -0.2) is 11.7 Å². The van der Waals surface area contributed by atoms with Crippen LogP contribution in [0.1, 0.15) is 21.5 Å². The van der Waals surface area contributed by atoms with Crippen molar-refractivity contribution in [1.29, 1.82) is 0 Å². The molecule has 0 unspecified atom stereocenters. The van der Waals surface area contributed by atoms with Crippen LogP contribution < -0.4 is 4.90 Å². The van der Waals surface area contributed by atoms with E-state index in [9.17, 15) is 14.0 Å². The van der Waals surface area contributed by atoms with Crippen molar-refractivity contribution in [3.05, 3.63) is 63.9 Å². The predicted octanol–water partition coefficient (Wildman–Crippen LogP) is 3.52. The molecule has 1 aliphatic heterocycles. The van der Waals surface area contributed by atoms with Crippen LogP contribution in [0.25, 0.3) is 0 Å². The molecule has 0 saturated heterocycles. The molecule has 0 N–H and O–H groups in total. The summed E-state index contributed by atoms with van der Waals surface area (Å²) in [5.74, 6) is -1.57. The highest BCUT2D eigenvalue weighted by atomic mass is 35.5. The second-order valence-electron chi connectivity index (χ2n) is 4.95. The van der Waals surface area contributed by atoms with Gasteiger partial charge in [0.25, 0.3) is 11.7 Å². The molecular weight excluding hydrogens is 293 g/mol. The van der Waals surface area contributed by atoms with Crippen molar-refractivity contribution in [2.24, 2.45) is 0 Å². The fraction of sp³-hybridized carbons (Fsp3) is 0.125. The summed E-state index contributed by atoms with van der Waals surface area (Å²) < 4.78 is 13.4. The molecule has 0 saturated carbocycles. The highest BCUT2D eigenvalue weighted by Crippen LogP contribution is 2.32. The molecule has 3 rings (SSSR count). The molecular formula is C16H11ClFNO2. The molecule has 0 aromatic heterocycles. The Balaban J connectivity index is 2.02. The molecule has 1 heterocycles. The fourth-order valence-corrected chi connectivity index (χ4v) is 2.58. The molecule has 106 valence electrons. The highest BCUT2D eigenvalue weighted by molar-refractivity contribution is 6.52. The van der Waals surface area contributed by atoms with E-state index in [4.69, 9.17) is 11.6 Å². The third kappa shape index (κ3) is 2.32. The first-order chi connectivity index (χ1) is 9.97. The molecule has 0 fully saturated rings. The highest BCUT2D eigenvalue weighted by Gasteiger charge is 2.36. The monoisotopic (exact) mass is 303 g/mol. The third-order valence-corrected chi connectivity index (χ3v) is 3.81. The van der Waals surface area contributed by atoms with E-state index >= 15 is 0 Å². The molecule has 0 radical (unpaired) electrons. The van der Waals surface area contributed by atoms with Crippen molar-refractivity contribution >= 4 is 29.0 Å². The Morgan fingerprint density at radius 1 is 1.14 bits per heavy atom. The zero-order valence-electron chi connectivity index (χ0n) is 11.2. The van der Waals surface area contributed by atoms with E-state index in [1.807, 2.05) is 6.92 Å². The average molecular weight is 304 g/mol. The number of carbonyl (C=O) groups excluding carboxylic acids is 2. The molecule has 2 aromatic rings. The van der Waals surface area contributed by atoms with E-state index < -0.39 is 11.7 Å². The minimum absolute atomic E-state index is 0.156. The summed E-state index contributed by atoms with van der Waals surface area (Å²) in [4.78, 5) is 25.4. The maximum Gasteiger partial charge on any atom is 0.299 e. The van der Waals surface area contributed by atoms with E-state index in [1.54, 1.807) is 18.2 Å². The van der Waals surface area contributed by atoms with Crippen molar-refractivity contribution in [1.82, 2.24) is 0 Å². The number of hydrogen-bond donors (Lipinski definition) is 0. The summed E-state index contributed by atoms with van der Waals surface area (Å²) in [5.41, 5.74) is 2.33. The Kier molecular flexibility index (Phi) is 3.26. The van der Waals surface area contributed by atoms with Crippen LogP contribution in [0.15, 0.2) is 36.4 Å². The van der Waals surface area contributed by atoms with Gasteiger partial charge >= 0.3 is 0 Å². The van der Waals surface area contributed by atoms with Crippen molar-refractivity contribution in [3.8, 4) is 0 Å². The third-order valence-electron chi connectivity index (χ3n) is 3.57. The van der Waals surface area contributed by atoms with Crippen molar-refractivity contribution < 1.29 is 14.0 Å². The van der Waals surface area contributed by atoms with Gasteiger partial charge in [0.15, 0.2) is 0 Å². The lowest BCUT2D eigenvalue weighted by molar-refractivity contribution is -0.114. The first-order valence-corrected chi connectivity index (χ1v) is 6.76. The smallest absolute Gasteiger partial charge is 0.299 e. The quantitative estimate of drug-likeness (QED) is 0.796. The van der Waals surface area contributed by atoms with Gasteiger partial charge in [-0.25, -0.2) is 4.39 Å². The second-order valence-corrected chi connectivity index (χ2v) is 5.39. The van der Waals surface area contributed by atoms with Crippen LogP contribution in [0.2, 0.25) is 5.02 Å². The second kappa shape index (κ2) is 4.97. The van der Waals surface area contributed by atoms with E-state index in [2.05, 4.69) is 0 Å². The van der Waals surface area contributed by atoms with E-state index in [-0.39, 0.29) is 12.4 Å². The Hall–Kier alpha value is -2.20. The Morgan fingerprint density at radius 2 is 1.90 bits per heavy atom. The number of nitrogens with zero attached hydrogens (tertiary/aromatic N) is 1. The maximum absolute atomic E-state index is 13.4. The SMILES string of the molecule is Cc1ccc(F)cc1CN1C(=O)C(=O)c2cc(Cl)ccc21. The van der Waals surface area contributed by atoms with Crippen molar-refractivity contribution in [2.75, 3.05) is 4.90 Å². The number of benzene rings is 2. The number of carbonyl (C=O) groups is 2. The fourth-order valence-electron chi connectivity index (χ4n) is 2.41. The van der Waals surface area contributed by atoms with Gasteiger partial charge in [0.2, 0.25) is 0 Å². The number of hydrogen-bond acceptors (Lipinski definition) is 2. The summed E-state index contributed by atoms with van der Waals surface area (Å²) in [6.07, 6.45) is 0. The molecule has 0 bridgehead atoms. The Morgan fingerprint density at radius 3 is 2.67 bits per heavy atom. The number of aryl methyl sites for hydroxylation is 1. The molecule has 0 atom stereocenters. The number of ketones is 1. The van der Waals surface area contributed by atoms with Gasteiger partial charge in [-0.05, 0) is 48.4 Å². The first-order valence-electron chi connectivity index (χ1n) is 6.38. The Labute approximate surface area is 125 Å².